The molecule has 2 aromatic carbocycles. The van der Waals surface area contributed by atoms with Gasteiger partial charge in [0.2, 0.25) is 0 Å². The minimum Gasteiger partial charge on any atom is -0.0654 e. The summed E-state index contributed by atoms with van der Waals surface area (Å²) >= 11 is 0. The monoisotopic (exact) mass is 504 g/mol. The fraction of sp³-hybridized carbons (Fsp3) is 0.676. The molecular formula is C37H60. The molecule has 0 nitrogen and oxygen atoms in total. The molecule has 0 aliphatic carbocycles. The minimum atomic E-state index is 1.23. The molecule has 0 saturated heterocycles. The largest absolute Gasteiger partial charge is 0.0654 e. The van der Waals surface area contributed by atoms with Crippen molar-refractivity contribution < 1.29 is 0 Å². The minimum absolute atomic E-state index is 1.23. The molecule has 0 fully saturated rings. The molecule has 0 aliphatic rings. The Bertz CT molecular complexity index is 799. The number of unbranched alkanes of at least 4 members (excludes halogenated alkanes) is 10. The van der Waals surface area contributed by atoms with E-state index in [-0.39, 0.29) is 0 Å². The molecule has 0 unspecified atom stereocenters. The van der Waals surface area contributed by atoms with Crippen molar-refractivity contribution in [2.24, 2.45) is 0 Å². The quantitative estimate of drug-likeness (QED) is 0.148. The van der Waals surface area contributed by atoms with Gasteiger partial charge in [-0.05, 0) is 103 Å². The lowest BCUT2D eigenvalue weighted by Crippen LogP contribution is -2.06. The second kappa shape index (κ2) is 19.5. The molecule has 0 heterocycles. The van der Waals surface area contributed by atoms with Gasteiger partial charge in [-0.3, -0.25) is 0 Å². The third-order valence-corrected chi connectivity index (χ3v) is 8.12. The summed E-state index contributed by atoms with van der Waals surface area (Å²) in [5, 5.41) is 0. The van der Waals surface area contributed by atoms with Crippen LogP contribution in [0.25, 0.3) is 11.1 Å². The molecular weight excluding hydrogens is 444 g/mol. The molecule has 0 N–H and O–H groups in total. The van der Waals surface area contributed by atoms with Crippen LogP contribution in [0.1, 0.15) is 159 Å². The standard InChI is InChI=1S/C37H60/c1-6-11-16-22-31-29-34(25-19-14-9-4)37(35(30-31)26-20-15-10-5)36-32(23-17-12-7-2)27-21-28-33(36)24-18-13-8-3/h21,27-30H,6-20,22-26H2,1-5H3. The molecule has 37 heavy (non-hydrogen) atoms. The first-order valence-corrected chi connectivity index (χ1v) is 16.5. The van der Waals surface area contributed by atoms with Gasteiger partial charge in [0.05, 0.1) is 0 Å². The highest BCUT2D eigenvalue weighted by atomic mass is 14.2. The van der Waals surface area contributed by atoms with Crippen LogP contribution in [0, 0.1) is 0 Å². The molecule has 0 radical (unpaired) electrons. The summed E-state index contributed by atoms with van der Waals surface area (Å²) in [5.74, 6) is 0. The third kappa shape index (κ3) is 11.0. The van der Waals surface area contributed by atoms with Crippen LogP contribution in [0.2, 0.25) is 0 Å². The molecule has 0 aliphatic heterocycles. The van der Waals surface area contributed by atoms with Crippen molar-refractivity contribution >= 4 is 0 Å². The van der Waals surface area contributed by atoms with E-state index in [0.29, 0.717) is 0 Å². The van der Waals surface area contributed by atoms with Gasteiger partial charge in [0.1, 0.15) is 0 Å². The summed E-state index contributed by atoms with van der Waals surface area (Å²) in [6, 6.07) is 12.6. The van der Waals surface area contributed by atoms with Crippen molar-refractivity contribution in [3.05, 3.63) is 58.1 Å². The van der Waals surface area contributed by atoms with Crippen molar-refractivity contribution in [2.45, 2.75) is 163 Å². The molecule has 0 saturated carbocycles. The van der Waals surface area contributed by atoms with E-state index in [1.807, 2.05) is 0 Å². The first-order valence-electron chi connectivity index (χ1n) is 16.5. The highest BCUT2D eigenvalue weighted by Crippen LogP contribution is 2.38. The summed E-state index contributed by atoms with van der Waals surface area (Å²) in [6.45, 7) is 11.7. The van der Waals surface area contributed by atoms with Gasteiger partial charge in [-0.1, -0.05) is 129 Å². The predicted molar refractivity (Wildman–Crippen MR) is 168 cm³/mol. The lowest BCUT2D eigenvalue weighted by Gasteiger charge is -2.23. The fourth-order valence-corrected chi connectivity index (χ4v) is 5.93. The topological polar surface area (TPSA) is 0 Å². The number of hydrogen-bond donors (Lipinski definition) is 0. The van der Waals surface area contributed by atoms with Gasteiger partial charge in [0.25, 0.3) is 0 Å². The van der Waals surface area contributed by atoms with Gasteiger partial charge < -0.3 is 0 Å². The van der Waals surface area contributed by atoms with E-state index in [2.05, 4.69) is 65.0 Å². The van der Waals surface area contributed by atoms with E-state index >= 15 is 0 Å². The molecule has 0 heteroatoms. The van der Waals surface area contributed by atoms with Crippen molar-refractivity contribution in [2.75, 3.05) is 0 Å². The molecule has 0 spiro atoms. The molecule has 2 aromatic rings. The van der Waals surface area contributed by atoms with E-state index in [9.17, 15) is 0 Å². The maximum absolute atomic E-state index is 2.64. The zero-order valence-electron chi connectivity index (χ0n) is 25.5. The zero-order chi connectivity index (χ0) is 26.7. The van der Waals surface area contributed by atoms with E-state index in [4.69, 9.17) is 0 Å². The Balaban J connectivity index is 2.67. The summed E-state index contributed by atoms with van der Waals surface area (Å²) in [7, 11) is 0. The van der Waals surface area contributed by atoms with E-state index < -0.39 is 0 Å². The van der Waals surface area contributed by atoms with Gasteiger partial charge in [-0.2, -0.15) is 0 Å². The van der Waals surface area contributed by atoms with Crippen molar-refractivity contribution in [3.63, 3.8) is 0 Å². The molecule has 0 amide bonds. The maximum atomic E-state index is 2.64. The zero-order valence-corrected chi connectivity index (χ0v) is 25.5. The Labute approximate surface area is 232 Å². The van der Waals surface area contributed by atoms with E-state index in [1.54, 1.807) is 38.9 Å². The van der Waals surface area contributed by atoms with E-state index in [1.165, 1.54) is 128 Å². The average Bonchev–Trinajstić information content (AvgIpc) is 2.90. The van der Waals surface area contributed by atoms with Crippen molar-refractivity contribution in [1.82, 2.24) is 0 Å². The van der Waals surface area contributed by atoms with Crippen LogP contribution in [-0.4, -0.2) is 0 Å². The Morgan fingerprint density at radius 3 is 1.08 bits per heavy atom. The molecule has 208 valence electrons. The Morgan fingerprint density at radius 2 is 0.703 bits per heavy atom. The SMILES string of the molecule is CCCCCc1cc(CCCCC)c(-c2c(CCCCC)cccc2CCCCC)c(CCCCC)c1. The normalized spacial score (nSPS) is 11.4. The molecule has 0 bridgehead atoms. The third-order valence-electron chi connectivity index (χ3n) is 8.12. The summed E-state index contributed by atoms with van der Waals surface area (Å²) in [6.07, 6.45) is 26.0. The van der Waals surface area contributed by atoms with Crippen LogP contribution in [-0.2, 0) is 32.1 Å². The molecule has 2 rings (SSSR count). The van der Waals surface area contributed by atoms with Gasteiger partial charge in [-0.15, -0.1) is 0 Å². The number of hydrogen-bond acceptors (Lipinski definition) is 0. The van der Waals surface area contributed by atoms with Crippen LogP contribution >= 0.6 is 0 Å². The van der Waals surface area contributed by atoms with Gasteiger partial charge in [-0.25, -0.2) is 0 Å². The summed E-state index contributed by atoms with van der Waals surface area (Å²) in [4.78, 5) is 0. The number of benzene rings is 2. The number of rotatable bonds is 21. The lowest BCUT2D eigenvalue weighted by molar-refractivity contribution is 0.698. The van der Waals surface area contributed by atoms with Crippen LogP contribution in [0.3, 0.4) is 0 Å². The average molecular weight is 505 g/mol. The van der Waals surface area contributed by atoms with Crippen molar-refractivity contribution in [1.29, 1.82) is 0 Å². The first kappa shape index (κ1) is 31.7. The first-order chi connectivity index (χ1) is 18.2. The smallest absolute Gasteiger partial charge is 0.0114 e. The van der Waals surface area contributed by atoms with Gasteiger partial charge in [0, 0.05) is 0 Å². The predicted octanol–water partition coefficient (Wildman–Crippen LogP) is 12.0. The molecule has 0 atom stereocenters. The van der Waals surface area contributed by atoms with Crippen LogP contribution in [0.5, 0.6) is 0 Å². The summed E-state index contributed by atoms with van der Waals surface area (Å²) < 4.78 is 0. The van der Waals surface area contributed by atoms with Gasteiger partial charge >= 0.3 is 0 Å². The van der Waals surface area contributed by atoms with Crippen LogP contribution in [0.15, 0.2) is 30.3 Å². The van der Waals surface area contributed by atoms with Crippen LogP contribution in [0.4, 0.5) is 0 Å². The summed E-state index contributed by atoms with van der Waals surface area (Å²) in [5.41, 5.74) is 11.5. The van der Waals surface area contributed by atoms with Crippen LogP contribution < -0.4 is 0 Å². The highest BCUT2D eigenvalue weighted by molar-refractivity contribution is 5.78. The Morgan fingerprint density at radius 1 is 0.378 bits per heavy atom. The molecule has 0 aromatic heterocycles. The Hall–Kier alpha value is -1.56. The highest BCUT2D eigenvalue weighted by Gasteiger charge is 2.19. The second-order valence-corrected chi connectivity index (χ2v) is 11.5. The second-order valence-electron chi connectivity index (χ2n) is 11.5. The van der Waals surface area contributed by atoms with Gasteiger partial charge in [0.15, 0.2) is 0 Å². The Kier molecular flexibility index (Phi) is 16.7. The number of aryl methyl sites for hydroxylation is 5. The lowest BCUT2D eigenvalue weighted by atomic mass is 9.81. The fourth-order valence-electron chi connectivity index (χ4n) is 5.93. The van der Waals surface area contributed by atoms with Crippen molar-refractivity contribution in [3.8, 4) is 11.1 Å². The maximum Gasteiger partial charge on any atom is -0.0114 e. The van der Waals surface area contributed by atoms with E-state index in [0.717, 1.165) is 0 Å².